The van der Waals surface area contributed by atoms with Gasteiger partial charge in [0.2, 0.25) is 0 Å². The second-order valence-corrected chi connectivity index (χ2v) is 8.41. The van der Waals surface area contributed by atoms with Gasteiger partial charge >= 0.3 is 0 Å². The fourth-order valence-corrected chi connectivity index (χ4v) is 5.05. The fraction of sp³-hybridized carbons (Fsp3) is 0.571. The molecule has 0 bridgehead atoms. The largest absolute Gasteiger partial charge is 0.399 e. The lowest BCUT2D eigenvalue weighted by Crippen LogP contribution is -2.48. The van der Waals surface area contributed by atoms with Crippen LogP contribution in [0.1, 0.15) is 13.8 Å². The van der Waals surface area contributed by atoms with Crippen LogP contribution in [0.25, 0.3) is 0 Å². The molecule has 0 aromatic heterocycles. The fourth-order valence-electron chi connectivity index (χ4n) is 2.42. The van der Waals surface area contributed by atoms with Crippen LogP contribution in [-0.2, 0) is 14.6 Å². The van der Waals surface area contributed by atoms with Gasteiger partial charge in [-0.05, 0) is 48.0 Å². The molecule has 1 atom stereocenters. The maximum absolute atomic E-state index is 12.5. The Balaban J connectivity index is 2.14. The summed E-state index contributed by atoms with van der Waals surface area (Å²) in [6.07, 6.45) is -0.296. The summed E-state index contributed by atoms with van der Waals surface area (Å²) in [7, 11) is -3.41. The summed E-state index contributed by atoms with van der Waals surface area (Å²) in [4.78, 5) is 2.50. The van der Waals surface area contributed by atoms with Crippen LogP contribution in [0.3, 0.4) is 0 Å². The number of benzene rings is 1. The molecule has 118 valence electrons. The van der Waals surface area contributed by atoms with Crippen molar-refractivity contribution in [3.63, 3.8) is 0 Å². The maximum Gasteiger partial charge on any atom is 0.182 e. The highest BCUT2D eigenvalue weighted by Crippen LogP contribution is 2.26. The van der Waals surface area contributed by atoms with Gasteiger partial charge in [-0.15, -0.1) is 0 Å². The van der Waals surface area contributed by atoms with Crippen LogP contribution in [0.5, 0.6) is 0 Å². The molecule has 0 saturated carbocycles. The normalized spacial score (nSPS) is 20.9. The van der Waals surface area contributed by atoms with Crippen LogP contribution in [0.2, 0.25) is 0 Å². The van der Waals surface area contributed by atoms with Gasteiger partial charge < -0.3 is 10.5 Å². The first-order valence-corrected chi connectivity index (χ1v) is 9.37. The zero-order chi connectivity index (χ0) is 15.6. The number of sulfone groups is 1. The SMILES string of the molecule is CC(C)N1CCOC(CS(=O)(=O)c2ccc(N)cc2Br)C1. The lowest BCUT2D eigenvalue weighted by atomic mass is 10.2. The van der Waals surface area contributed by atoms with Crippen molar-refractivity contribution in [2.75, 3.05) is 31.2 Å². The predicted octanol–water partition coefficient (Wildman–Crippen LogP) is 1.91. The molecule has 1 unspecified atom stereocenters. The highest BCUT2D eigenvalue weighted by Gasteiger charge is 2.28. The molecule has 0 aliphatic carbocycles. The van der Waals surface area contributed by atoms with Crippen molar-refractivity contribution in [1.29, 1.82) is 0 Å². The Morgan fingerprint density at radius 3 is 2.81 bits per heavy atom. The predicted molar refractivity (Wildman–Crippen MR) is 87.1 cm³/mol. The molecule has 1 aromatic carbocycles. The molecule has 0 amide bonds. The minimum Gasteiger partial charge on any atom is -0.399 e. The Bertz CT molecular complexity index is 604. The van der Waals surface area contributed by atoms with E-state index in [2.05, 4.69) is 34.7 Å². The van der Waals surface area contributed by atoms with E-state index in [4.69, 9.17) is 10.5 Å². The van der Waals surface area contributed by atoms with Gasteiger partial charge in [0, 0.05) is 29.3 Å². The second-order valence-electron chi connectivity index (χ2n) is 5.55. The van der Waals surface area contributed by atoms with Crippen molar-refractivity contribution in [3.05, 3.63) is 22.7 Å². The summed E-state index contributed by atoms with van der Waals surface area (Å²) >= 11 is 3.27. The number of rotatable bonds is 4. The van der Waals surface area contributed by atoms with Crippen molar-refractivity contribution in [2.24, 2.45) is 0 Å². The molecule has 1 aromatic rings. The molecule has 2 rings (SSSR count). The van der Waals surface area contributed by atoms with Crippen molar-refractivity contribution in [3.8, 4) is 0 Å². The summed E-state index contributed by atoms with van der Waals surface area (Å²) in [5, 5.41) is 0. The van der Waals surface area contributed by atoms with Crippen LogP contribution >= 0.6 is 15.9 Å². The number of ether oxygens (including phenoxy) is 1. The molecule has 1 aliphatic rings. The third-order valence-corrected chi connectivity index (χ3v) is 6.35. The molecule has 0 radical (unpaired) electrons. The van der Waals surface area contributed by atoms with Crippen molar-refractivity contribution < 1.29 is 13.2 Å². The lowest BCUT2D eigenvalue weighted by Gasteiger charge is -2.35. The van der Waals surface area contributed by atoms with Gasteiger partial charge in [0.1, 0.15) is 0 Å². The number of hydrogen-bond acceptors (Lipinski definition) is 5. The Hall–Kier alpha value is -0.630. The Kier molecular flexibility index (Phi) is 5.29. The van der Waals surface area contributed by atoms with Gasteiger partial charge in [-0.25, -0.2) is 8.42 Å². The van der Waals surface area contributed by atoms with Crippen molar-refractivity contribution in [2.45, 2.75) is 30.9 Å². The molecule has 1 saturated heterocycles. The molecule has 1 heterocycles. The zero-order valence-corrected chi connectivity index (χ0v) is 14.7. The van der Waals surface area contributed by atoms with Crippen molar-refractivity contribution >= 4 is 31.5 Å². The van der Waals surface area contributed by atoms with E-state index < -0.39 is 9.84 Å². The summed E-state index contributed by atoms with van der Waals surface area (Å²) in [6, 6.07) is 5.13. The van der Waals surface area contributed by atoms with E-state index in [1.165, 1.54) is 6.07 Å². The first kappa shape index (κ1) is 16.7. The first-order chi connectivity index (χ1) is 9.79. The van der Waals surface area contributed by atoms with Crippen molar-refractivity contribution in [1.82, 2.24) is 4.90 Å². The van der Waals surface area contributed by atoms with E-state index in [0.717, 1.165) is 6.54 Å². The average Bonchev–Trinajstić information content (AvgIpc) is 2.37. The average molecular weight is 377 g/mol. The van der Waals surface area contributed by atoms with Crippen LogP contribution in [0, 0.1) is 0 Å². The number of morpholine rings is 1. The number of halogens is 1. The topological polar surface area (TPSA) is 72.6 Å². The Labute approximate surface area is 134 Å². The molecular weight excluding hydrogens is 356 g/mol. The van der Waals surface area contributed by atoms with Gasteiger partial charge in [0.05, 0.1) is 23.4 Å². The number of anilines is 1. The third kappa shape index (κ3) is 4.18. The molecule has 1 aliphatic heterocycles. The summed E-state index contributed by atoms with van der Waals surface area (Å²) in [6.45, 7) is 6.27. The van der Waals surface area contributed by atoms with E-state index in [-0.39, 0.29) is 16.8 Å². The standard InChI is InChI=1S/C14H21BrN2O3S/c1-10(2)17-5-6-20-12(8-17)9-21(18,19)14-4-3-11(16)7-13(14)15/h3-4,7,10,12H,5-6,8-9,16H2,1-2H3. The van der Waals surface area contributed by atoms with Crippen LogP contribution in [0.4, 0.5) is 5.69 Å². The van der Waals surface area contributed by atoms with E-state index in [9.17, 15) is 8.42 Å². The molecule has 21 heavy (non-hydrogen) atoms. The van der Waals surface area contributed by atoms with E-state index >= 15 is 0 Å². The summed E-state index contributed by atoms with van der Waals surface area (Å²) in [5.41, 5.74) is 6.18. The van der Waals surface area contributed by atoms with Gasteiger partial charge in [0.25, 0.3) is 0 Å². The Morgan fingerprint density at radius 2 is 2.19 bits per heavy atom. The van der Waals surface area contributed by atoms with Crippen LogP contribution in [-0.4, -0.2) is 50.9 Å². The lowest BCUT2D eigenvalue weighted by molar-refractivity contribution is -0.0272. The minimum atomic E-state index is -3.41. The van der Waals surface area contributed by atoms with Crippen LogP contribution in [0.15, 0.2) is 27.6 Å². The van der Waals surface area contributed by atoms with Gasteiger partial charge in [-0.3, -0.25) is 4.90 Å². The highest BCUT2D eigenvalue weighted by molar-refractivity contribution is 9.10. The van der Waals surface area contributed by atoms with Gasteiger partial charge in [0.15, 0.2) is 9.84 Å². The molecule has 1 fully saturated rings. The van der Waals surface area contributed by atoms with Gasteiger partial charge in [-0.2, -0.15) is 0 Å². The maximum atomic E-state index is 12.5. The minimum absolute atomic E-state index is 0.0151. The van der Waals surface area contributed by atoms with E-state index in [0.29, 0.717) is 29.4 Å². The van der Waals surface area contributed by atoms with E-state index in [1.54, 1.807) is 12.1 Å². The molecular formula is C14H21BrN2O3S. The highest BCUT2D eigenvalue weighted by atomic mass is 79.9. The Morgan fingerprint density at radius 1 is 1.48 bits per heavy atom. The molecule has 2 N–H and O–H groups in total. The number of nitrogens with zero attached hydrogens (tertiary/aromatic N) is 1. The zero-order valence-electron chi connectivity index (χ0n) is 12.3. The number of nitrogen functional groups attached to an aromatic ring is 1. The quantitative estimate of drug-likeness (QED) is 0.812. The van der Waals surface area contributed by atoms with Gasteiger partial charge in [-0.1, -0.05) is 0 Å². The first-order valence-electron chi connectivity index (χ1n) is 6.93. The monoisotopic (exact) mass is 376 g/mol. The smallest absolute Gasteiger partial charge is 0.182 e. The molecule has 0 spiro atoms. The third-order valence-electron chi connectivity index (χ3n) is 3.60. The number of nitrogens with two attached hydrogens (primary N) is 1. The second kappa shape index (κ2) is 6.64. The summed E-state index contributed by atoms with van der Waals surface area (Å²) < 4.78 is 31.2. The van der Waals surface area contributed by atoms with Crippen LogP contribution < -0.4 is 5.73 Å². The summed E-state index contributed by atoms with van der Waals surface area (Å²) in [5.74, 6) is -0.0151. The molecule has 5 nitrogen and oxygen atoms in total. The van der Waals surface area contributed by atoms with E-state index in [1.807, 2.05) is 0 Å². The number of hydrogen-bond donors (Lipinski definition) is 1. The molecule has 7 heteroatoms.